The van der Waals surface area contributed by atoms with Crippen LogP contribution in [0.3, 0.4) is 0 Å². The van der Waals surface area contributed by atoms with Gasteiger partial charge in [-0.05, 0) is 30.3 Å². The predicted molar refractivity (Wildman–Crippen MR) is 93.4 cm³/mol. The Morgan fingerprint density at radius 2 is 2.17 bits per heavy atom. The van der Waals surface area contributed by atoms with Crippen molar-refractivity contribution in [2.45, 2.75) is 13.5 Å². The number of aromatic nitrogens is 2. The van der Waals surface area contributed by atoms with Gasteiger partial charge in [-0.3, -0.25) is 9.78 Å². The zero-order chi connectivity index (χ0) is 16.9. The molecule has 1 amide bonds. The van der Waals surface area contributed by atoms with E-state index in [-0.39, 0.29) is 11.6 Å². The molecule has 2 heterocycles. The van der Waals surface area contributed by atoms with E-state index in [0.29, 0.717) is 6.54 Å². The molecule has 0 aliphatic heterocycles. The van der Waals surface area contributed by atoms with Crippen molar-refractivity contribution >= 4 is 28.6 Å². The Hall–Kier alpha value is -2.80. The Labute approximate surface area is 142 Å². The third-order valence-electron chi connectivity index (χ3n) is 3.21. The molecule has 0 aliphatic carbocycles. The van der Waals surface area contributed by atoms with E-state index in [1.165, 1.54) is 13.0 Å². The molecule has 0 aliphatic rings. The Kier molecular flexibility index (Phi) is 4.81. The summed E-state index contributed by atoms with van der Waals surface area (Å²) in [6, 6.07) is 8.35. The van der Waals surface area contributed by atoms with Crippen LogP contribution in [-0.2, 0) is 11.3 Å². The average Bonchev–Trinajstić information content (AvgIpc) is 3.05. The Bertz CT molecular complexity index is 851. The van der Waals surface area contributed by atoms with Gasteiger partial charge in [0.15, 0.2) is 0 Å². The minimum Gasteiger partial charge on any atom is -0.380 e. The van der Waals surface area contributed by atoms with Gasteiger partial charge < -0.3 is 10.6 Å². The van der Waals surface area contributed by atoms with Gasteiger partial charge in [-0.25, -0.2) is 9.37 Å². The average molecular weight is 342 g/mol. The number of thiazole rings is 1. The molecule has 24 heavy (non-hydrogen) atoms. The van der Waals surface area contributed by atoms with Gasteiger partial charge in [-0.1, -0.05) is 0 Å². The highest BCUT2D eigenvalue weighted by atomic mass is 32.1. The first-order valence-electron chi connectivity index (χ1n) is 7.28. The van der Waals surface area contributed by atoms with Crippen LogP contribution in [0.5, 0.6) is 0 Å². The molecule has 7 heteroatoms. The van der Waals surface area contributed by atoms with Gasteiger partial charge >= 0.3 is 0 Å². The summed E-state index contributed by atoms with van der Waals surface area (Å²) in [5.41, 5.74) is 1.85. The van der Waals surface area contributed by atoms with Crippen LogP contribution >= 0.6 is 11.3 Å². The van der Waals surface area contributed by atoms with Crippen LogP contribution in [0.25, 0.3) is 10.6 Å². The van der Waals surface area contributed by atoms with Gasteiger partial charge in [0.2, 0.25) is 5.91 Å². The molecule has 2 aromatic heterocycles. The number of nitrogens with zero attached hydrogens (tertiary/aromatic N) is 2. The quantitative estimate of drug-likeness (QED) is 0.738. The highest BCUT2D eigenvalue weighted by Gasteiger charge is 2.07. The SMILES string of the molecule is CC(=O)Nc1cc(NCc2cnc(-c3cccnc3)s2)ccc1F. The number of hydrogen-bond donors (Lipinski definition) is 2. The lowest BCUT2D eigenvalue weighted by Crippen LogP contribution is -2.08. The van der Waals surface area contributed by atoms with Gasteiger partial charge in [0.05, 0.1) is 12.2 Å². The molecule has 3 aromatic rings. The van der Waals surface area contributed by atoms with Crippen LogP contribution in [0.2, 0.25) is 0 Å². The summed E-state index contributed by atoms with van der Waals surface area (Å²) in [4.78, 5) is 20.6. The molecule has 0 saturated heterocycles. The number of amides is 1. The fourth-order valence-corrected chi connectivity index (χ4v) is 2.96. The molecule has 2 N–H and O–H groups in total. The maximum absolute atomic E-state index is 13.6. The molecular weight excluding hydrogens is 327 g/mol. The van der Waals surface area contributed by atoms with Crippen LogP contribution in [0.15, 0.2) is 48.9 Å². The monoisotopic (exact) mass is 342 g/mol. The fraction of sp³-hybridized carbons (Fsp3) is 0.118. The van der Waals surface area contributed by atoms with Crippen LogP contribution in [-0.4, -0.2) is 15.9 Å². The van der Waals surface area contributed by atoms with E-state index < -0.39 is 5.82 Å². The van der Waals surface area contributed by atoms with Crippen LogP contribution in [0, 0.1) is 5.82 Å². The molecule has 0 atom stereocenters. The van der Waals surface area contributed by atoms with E-state index in [0.717, 1.165) is 21.1 Å². The van der Waals surface area contributed by atoms with Gasteiger partial charge in [0, 0.05) is 41.6 Å². The molecular formula is C17H15FN4OS. The number of carbonyl (C=O) groups is 1. The van der Waals surface area contributed by atoms with Crippen molar-refractivity contribution in [2.24, 2.45) is 0 Å². The van der Waals surface area contributed by atoms with Crippen molar-refractivity contribution in [3.8, 4) is 10.6 Å². The number of nitrogens with one attached hydrogen (secondary N) is 2. The van der Waals surface area contributed by atoms with Crippen LogP contribution in [0.4, 0.5) is 15.8 Å². The third-order valence-corrected chi connectivity index (χ3v) is 4.25. The smallest absolute Gasteiger partial charge is 0.221 e. The molecule has 122 valence electrons. The molecule has 3 rings (SSSR count). The van der Waals surface area contributed by atoms with E-state index in [2.05, 4.69) is 20.6 Å². The number of carbonyl (C=O) groups excluding carboxylic acids is 1. The molecule has 1 aromatic carbocycles. The zero-order valence-corrected chi connectivity index (χ0v) is 13.7. The first-order chi connectivity index (χ1) is 11.6. The maximum atomic E-state index is 13.6. The fourth-order valence-electron chi connectivity index (χ4n) is 2.12. The lowest BCUT2D eigenvalue weighted by Gasteiger charge is -2.08. The van der Waals surface area contributed by atoms with Crippen LogP contribution < -0.4 is 10.6 Å². The van der Waals surface area contributed by atoms with E-state index in [1.807, 2.05) is 12.1 Å². The summed E-state index contributed by atoms with van der Waals surface area (Å²) in [5.74, 6) is -0.776. The lowest BCUT2D eigenvalue weighted by atomic mass is 10.2. The Morgan fingerprint density at radius 1 is 1.29 bits per heavy atom. The summed E-state index contributed by atoms with van der Waals surface area (Å²) >= 11 is 1.57. The number of pyridine rings is 1. The van der Waals surface area contributed by atoms with Gasteiger partial charge in [-0.2, -0.15) is 0 Å². The largest absolute Gasteiger partial charge is 0.380 e. The highest BCUT2D eigenvalue weighted by molar-refractivity contribution is 7.15. The Morgan fingerprint density at radius 3 is 2.92 bits per heavy atom. The number of benzene rings is 1. The second kappa shape index (κ2) is 7.18. The molecule has 5 nitrogen and oxygen atoms in total. The van der Waals surface area contributed by atoms with Gasteiger partial charge in [0.25, 0.3) is 0 Å². The maximum Gasteiger partial charge on any atom is 0.221 e. The van der Waals surface area contributed by atoms with Crippen molar-refractivity contribution in [3.63, 3.8) is 0 Å². The number of hydrogen-bond acceptors (Lipinski definition) is 5. The van der Waals surface area contributed by atoms with Crippen molar-refractivity contribution in [1.29, 1.82) is 0 Å². The second-order valence-electron chi connectivity index (χ2n) is 5.10. The van der Waals surface area contributed by atoms with Gasteiger partial charge in [0.1, 0.15) is 10.8 Å². The third kappa shape index (κ3) is 3.94. The minimum absolute atomic E-state index is 0.160. The normalized spacial score (nSPS) is 10.4. The first-order valence-corrected chi connectivity index (χ1v) is 8.09. The highest BCUT2D eigenvalue weighted by Crippen LogP contribution is 2.25. The molecule has 0 unspecified atom stereocenters. The summed E-state index contributed by atoms with van der Waals surface area (Å²) in [6.45, 7) is 1.90. The van der Waals surface area contributed by atoms with Gasteiger partial charge in [-0.15, -0.1) is 11.3 Å². The Balaban J connectivity index is 1.68. The summed E-state index contributed by atoms with van der Waals surface area (Å²) in [7, 11) is 0. The lowest BCUT2D eigenvalue weighted by molar-refractivity contribution is -0.114. The standard InChI is InChI=1S/C17H15FN4OS/c1-11(23)22-16-7-13(4-5-15(16)18)20-9-14-10-21-17(24-14)12-3-2-6-19-8-12/h2-8,10,20H,9H2,1H3,(H,22,23). The number of rotatable bonds is 5. The topological polar surface area (TPSA) is 66.9 Å². The van der Waals surface area contributed by atoms with E-state index in [9.17, 15) is 9.18 Å². The zero-order valence-electron chi connectivity index (χ0n) is 12.9. The summed E-state index contributed by atoms with van der Waals surface area (Å²) < 4.78 is 13.6. The van der Waals surface area contributed by atoms with E-state index in [4.69, 9.17) is 0 Å². The second-order valence-corrected chi connectivity index (χ2v) is 6.22. The molecule has 0 radical (unpaired) electrons. The molecule has 0 bridgehead atoms. The number of halogens is 1. The van der Waals surface area contributed by atoms with Crippen molar-refractivity contribution < 1.29 is 9.18 Å². The summed E-state index contributed by atoms with van der Waals surface area (Å²) in [6.07, 6.45) is 5.30. The number of anilines is 2. The van der Waals surface area contributed by atoms with Crippen molar-refractivity contribution in [2.75, 3.05) is 10.6 Å². The van der Waals surface area contributed by atoms with Crippen LogP contribution in [0.1, 0.15) is 11.8 Å². The van der Waals surface area contributed by atoms with Crippen molar-refractivity contribution in [1.82, 2.24) is 9.97 Å². The van der Waals surface area contributed by atoms with E-state index >= 15 is 0 Å². The summed E-state index contributed by atoms with van der Waals surface area (Å²) in [5, 5.41) is 6.57. The molecule has 0 saturated carbocycles. The first kappa shape index (κ1) is 16.1. The molecule has 0 fully saturated rings. The molecule has 0 spiro atoms. The minimum atomic E-state index is -0.465. The predicted octanol–water partition coefficient (Wildman–Crippen LogP) is 3.91. The van der Waals surface area contributed by atoms with Crippen molar-refractivity contribution in [3.05, 3.63) is 59.6 Å². The van der Waals surface area contributed by atoms with E-state index in [1.54, 1.807) is 42.1 Å².